The highest BCUT2D eigenvalue weighted by atomic mass is 35.5. The highest BCUT2D eigenvalue weighted by Gasteiger charge is 2.05. The first-order valence-corrected chi connectivity index (χ1v) is 5.72. The van der Waals surface area contributed by atoms with Gasteiger partial charge in [-0.1, -0.05) is 11.6 Å². The first kappa shape index (κ1) is 14.2. The molecule has 98 valence electrons. The Bertz CT molecular complexity index is 468. The van der Waals surface area contributed by atoms with Gasteiger partial charge in [0.2, 0.25) is 5.91 Å². The average molecular weight is 272 g/mol. The van der Waals surface area contributed by atoms with Crippen molar-refractivity contribution in [1.29, 1.82) is 0 Å². The van der Waals surface area contributed by atoms with E-state index in [9.17, 15) is 9.59 Å². The molecule has 0 spiro atoms. The van der Waals surface area contributed by atoms with Crippen LogP contribution in [-0.2, 0) is 20.9 Å². The normalized spacial score (nSPS) is 11.2. The molecule has 0 radical (unpaired) electrons. The van der Waals surface area contributed by atoms with Crippen LogP contribution in [0.1, 0.15) is 13.8 Å². The predicted molar refractivity (Wildman–Crippen MR) is 65.8 cm³/mol. The highest BCUT2D eigenvalue weighted by Crippen LogP contribution is 2.04. The number of amides is 1. The van der Waals surface area contributed by atoms with E-state index < -0.39 is 5.97 Å². The van der Waals surface area contributed by atoms with Gasteiger partial charge in [-0.25, -0.2) is 4.79 Å². The number of carbonyl (C=O) groups is 2. The molecule has 0 saturated carbocycles. The first-order valence-electron chi connectivity index (χ1n) is 5.34. The van der Waals surface area contributed by atoms with Gasteiger partial charge < -0.3 is 10.1 Å². The van der Waals surface area contributed by atoms with Gasteiger partial charge in [0.15, 0.2) is 0 Å². The van der Waals surface area contributed by atoms with Crippen LogP contribution in [0.2, 0.25) is 5.02 Å². The number of hydrogen-bond donors (Lipinski definition) is 1. The Hall–Kier alpha value is -1.82. The van der Waals surface area contributed by atoms with Crippen LogP contribution in [0, 0.1) is 0 Å². The quantitative estimate of drug-likeness (QED) is 0.643. The first-order chi connectivity index (χ1) is 8.51. The molecule has 1 amide bonds. The molecule has 0 fully saturated rings. The van der Waals surface area contributed by atoms with Crippen molar-refractivity contribution in [3.05, 3.63) is 29.2 Å². The summed E-state index contributed by atoms with van der Waals surface area (Å²) in [5.74, 6) is -0.787. The SMILES string of the molecule is CCOC(=O)/C=C(\C)NC(=O)Cn1cc(Cl)cn1. The Morgan fingerprint density at radius 1 is 1.61 bits per heavy atom. The van der Waals surface area contributed by atoms with Crippen LogP contribution in [0.15, 0.2) is 24.2 Å². The van der Waals surface area contributed by atoms with Crippen LogP contribution >= 0.6 is 11.6 Å². The molecule has 6 nitrogen and oxygen atoms in total. The summed E-state index contributed by atoms with van der Waals surface area (Å²) in [6, 6.07) is 0. The highest BCUT2D eigenvalue weighted by molar-refractivity contribution is 6.30. The van der Waals surface area contributed by atoms with Crippen LogP contribution in [0.5, 0.6) is 0 Å². The van der Waals surface area contributed by atoms with E-state index in [4.69, 9.17) is 16.3 Å². The zero-order chi connectivity index (χ0) is 13.5. The van der Waals surface area contributed by atoms with E-state index in [2.05, 4.69) is 10.4 Å². The Balaban J connectivity index is 2.47. The lowest BCUT2D eigenvalue weighted by Gasteiger charge is -2.05. The van der Waals surface area contributed by atoms with Crippen molar-refractivity contribution in [3.63, 3.8) is 0 Å². The predicted octanol–water partition coefficient (Wildman–Crippen LogP) is 1.12. The van der Waals surface area contributed by atoms with Gasteiger partial charge in [0.05, 0.1) is 17.8 Å². The van der Waals surface area contributed by atoms with E-state index in [0.717, 1.165) is 0 Å². The third-order valence-electron chi connectivity index (χ3n) is 1.86. The Morgan fingerprint density at radius 3 is 2.89 bits per heavy atom. The van der Waals surface area contributed by atoms with Crippen molar-refractivity contribution in [2.24, 2.45) is 0 Å². The molecule has 0 aliphatic rings. The van der Waals surface area contributed by atoms with Crippen molar-refractivity contribution in [1.82, 2.24) is 15.1 Å². The molecule has 7 heteroatoms. The molecule has 0 unspecified atom stereocenters. The summed E-state index contributed by atoms with van der Waals surface area (Å²) in [6.45, 7) is 3.63. The summed E-state index contributed by atoms with van der Waals surface area (Å²) in [5, 5.41) is 6.87. The summed E-state index contributed by atoms with van der Waals surface area (Å²) in [5.41, 5.74) is 0.414. The number of carbonyl (C=O) groups excluding carboxylic acids is 2. The van der Waals surface area contributed by atoms with Crippen LogP contribution in [0.25, 0.3) is 0 Å². The standard InChI is InChI=1S/C11H14ClN3O3/c1-3-18-11(17)4-8(2)14-10(16)7-15-6-9(12)5-13-15/h4-6H,3,7H2,1-2H3,(H,14,16)/b8-4+. The van der Waals surface area contributed by atoms with E-state index in [0.29, 0.717) is 17.3 Å². The lowest BCUT2D eigenvalue weighted by atomic mass is 10.4. The third kappa shape index (κ3) is 5.01. The van der Waals surface area contributed by atoms with E-state index in [1.54, 1.807) is 13.8 Å². The van der Waals surface area contributed by atoms with Gasteiger partial charge in [0.1, 0.15) is 6.54 Å². The van der Waals surface area contributed by atoms with Gasteiger partial charge in [-0.3, -0.25) is 9.48 Å². The Morgan fingerprint density at radius 2 is 2.33 bits per heavy atom. The number of halogens is 1. The summed E-state index contributed by atoms with van der Waals surface area (Å²) < 4.78 is 6.11. The van der Waals surface area contributed by atoms with Crippen molar-refractivity contribution >= 4 is 23.5 Å². The number of esters is 1. The van der Waals surface area contributed by atoms with Crippen LogP contribution in [0.3, 0.4) is 0 Å². The number of ether oxygens (including phenoxy) is 1. The van der Waals surface area contributed by atoms with Gasteiger partial charge in [-0.15, -0.1) is 0 Å². The minimum Gasteiger partial charge on any atom is -0.463 e. The molecule has 0 atom stereocenters. The molecule has 1 N–H and O–H groups in total. The molecule has 0 saturated heterocycles. The molecular formula is C11H14ClN3O3. The molecule has 0 bridgehead atoms. The minimum atomic E-state index is -0.488. The summed E-state index contributed by atoms with van der Waals surface area (Å²) >= 11 is 5.67. The summed E-state index contributed by atoms with van der Waals surface area (Å²) in [7, 11) is 0. The number of allylic oxidation sites excluding steroid dienone is 1. The smallest absolute Gasteiger partial charge is 0.332 e. The van der Waals surface area contributed by atoms with Gasteiger partial charge in [-0.2, -0.15) is 5.10 Å². The zero-order valence-corrected chi connectivity index (χ0v) is 10.9. The third-order valence-corrected chi connectivity index (χ3v) is 2.06. The number of aromatic nitrogens is 2. The van der Waals surface area contributed by atoms with Crippen molar-refractivity contribution < 1.29 is 14.3 Å². The molecule has 0 aromatic carbocycles. The Labute approximate surface area is 110 Å². The number of hydrogen-bond acceptors (Lipinski definition) is 4. The zero-order valence-electron chi connectivity index (χ0n) is 10.1. The van der Waals surface area contributed by atoms with Crippen LogP contribution < -0.4 is 5.32 Å². The second-order valence-corrected chi connectivity index (χ2v) is 3.92. The average Bonchev–Trinajstić information content (AvgIpc) is 2.63. The molecule has 1 heterocycles. The second-order valence-electron chi connectivity index (χ2n) is 3.48. The van der Waals surface area contributed by atoms with Crippen molar-refractivity contribution in [2.45, 2.75) is 20.4 Å². The minimum absolute atomic E-state index is 0.0285. The fraction of sp³-hybridized carbons (Fsp3) is 0.364. The summed E-state index contributed by atoms with van der Waals surface area (Å²) in [4.78, 5) is 22.7. The molecule has 0 aliphatic carbocycles. The van der Waals surface area contributed by atoms with Gasteiger partial charge in [-0.05, 0) is 13.8 Å². The van der Waals surface area contributed by atoms with Gasteiger partial charge in [0.25, 0.3) is 0 Å². The number of nitrogens with one attached hydrogen (secondary N) is 1. The molecular weight excluding hydrogens is 258 g/mol. The lowest BCUT2D eigenvalue weighted by Crippen LogP contribution is -2.26. The van der Waals surface area contributed by atoms with E-state index in [1.165, 1.54) is 23.2 Å². The van der Waals surface area contributed by atoms with Crippen molar-refractivity contribution in [2.75, 3.05) is 6.61 Å². The Kier molecular flexibility index (Phi) is 5.38. The second kappa shape index (κ2) is 6.80. The fourth-order valence-corrected chi connectivity index (χ4v) is 1.38. The van der Waals surface area contributed by atoms with Crippen LogP contribution in [-0.4, -0.2) is 28.3 Å². The number of nitrogens with zero attached hydrogens (tertiary/aromatic N) is 2. The van der Waals surface area contributed by atoms with Crippen molar-refractivity contribution in [3.8, 4) is 0 Å². The maximum atomic E-state index is 11.6. The van der Waals surface area contributed by atoms with Gasteiger partial charge >= 0.3 is 5.97 Å². The van der Waals surface area contributed by atoms with Crippen LogP contribution in [0.4, 0.5) is 0 Å². The monoisotopic (exact) mass is 271 g/mol. The van der Waals surface area contributed by atoms with E-state index in [1.807, 2.05) is 0 Å². The number of rotatable bonds is 5. The van der Waals surface area contributed by atoms with E-state index >= 15 is 0 Å². The molecule has 1 aromatic heterocycles. The summed E-state index contributed by atoms with van der Waals surface area (Å²) in [6.07, 6.45) is 4.19. The molecule has 1 aromatic rings. The maximum absolute atomic E-state index is 11.6. The van der Waals surface area contributed by atoms with E-state index in [-0.39, 0.29) is 12.5 Å². The van der Waals surface area contributed by atoms with Gasteiger partial charge in [0, 0.05) is 18.0 Å². The largest absolute Gasteiger partial charge is 0.463 e. The maximum Gasteiger partial charge on any atom is 0.332 e. The molecule has 18 heavy (non-hydrogen) atoms. The lowest BCUT2D eigenvalue weighted by molar-refractivity contribution is -0.137. The molecule has 0 aliphatic heterocycles. The fourth-order valence-electron chi connectivity index (χ4n) is 1.23. The topological polar surface area (TPSA) is 73.2 Å². The molecule has 1 rings (SSSR count).